The lowest BCUT2D eigenvalue weighted by Crippen LogP contribution is -2.29. The summed E-state index contributed by atoms with van der Waals surface area (Å²) in [5, 5.41) is 6.80. The summed E-state index contributed by atoms with van der Waals surface area (Å²) in [6.07, 6.45) is 0. The summed E-state index contributed by atoms with van der Waals surface area (Å²) in [7, 11) is 4.05. The molecule has 1 aromatic heterocycles. The number of nitrogens with one attached hydrogen (secondary N) is 1. The van der Waals surface area contributed by atoms with Gasteiger partial charge in [-0.1, -0.05) is 5.16 Å². The molecule has 0 spiro atoms. The molecule has 0 aliphatic heterocycles. The zero-order chi connectivity index (χ0) is 9.84. The maximum absolute atomic E-state index is 4.93. The largest absolute Gasteiger partial charge is 0.334 e. The molecular formula is C8H16N4O. The quantitative estimate of drug-likeness (QED) is 0.748. The van der Waals surface area contributed by atoms with E-state index < -0.39 is 0 Å². The lowest BCUT2D eigenvalue weighted by Gasteiger charge is -2.16. The molecule has 0 fully saturated rings. The predicted molar refractivity (Wildman–Crippen MR) is 50.7 cm³/mol. The summed E-state index contributed by atoms with van der Waals surface area (Å²) in [6, 6.07) is 0.793. The van der Waals surface area contributed by atoms with Gasteiger partial charge in [0.15, 0.2) is 5.82 Å². The molecule has 0 bridgehead atoms. The van der Waals surface area contributed by atoms with E-state index in [1.54, 1.807) is 6.92 Å². The van der Waals surface area contributed by atoms with Crippen molar-refractivity contribution in [3.63, 3.8) is 0 Å². The molecule has 1 unspecified atom stereocenters. The number of hydrogen-bond donors (Lipinski definition) is 1. The minimum atomic E-state index is 0.301. The molecule has 0 radical (unpaired) electrons. The number of likely N-dealkylation sites (N-methyl/N-ethyl adjacent to an activating group) is 1. The molecule has 1 atom stereocenters. The van der Waals surface area contributed by atoms with Gasteiger partial charge in [-0.25, -0.2) is 0 Å². The normalized spacial score (nSPS) is 13.3. The second-order valence-corrected chi connectivity index (χ2v) is 3.45. The summed E-state index contributed by atoms with van der Waals surface area (Å²) < 4.78 is 4.93. The Morgan fingerprint density at radius 1 is 1.54 bits per heavy atom. The zero-order valence-corrected chi connectivity index (χ0v) is 8.53. The summed E-state index contributed by atoms with van der Waals surface area (Å²) in [4.78, 5) is 6.15. The molecule has 5 heteroatoms. The van der Waals surface area contributed by atoms with Gasteiger partial charge in [-0.05, 0) is 27.9 Å². The molecule has 1 rings (SSSR count). The Morgan fingerprint density at radius 2 is 2.23 bits per heavy atom. The first-order valence-corrected chi connectivity index (χ1v) is 4.29. The van der Waals surface area contributed by atoms with Crippen LogP contribution in [-0.2, 0) is 0 Å². The van der Waals surface area contributed by atoms with Crippen LogP contribution in [0, 0.1) is 6.92 Å². The van der Waals surface area contributed by atoms with Gasteiger partial charge in [0.2, 0.25) is 0 Å². The van der Waals surface area contributed by atoms with Gasteiger partial charge in [-0.3, -0.25) is 0 Å². The van der Waals surface area contributed by atoms with Crippen molar-refractivity contribution in [1.82, 2.24) is 15.0 Å². The van der Waals surface area contributed by atoms with E-state index in [0.717, 1.165) is 6.54 Å². The van der Waals surface area contributed by atoms with Gasteiger partial charge >= 0.3 is 6.01 Å². The van der Waals surface area contributed by atoms with Crippen LogP contribution in [-0.4, -0.2) is 41.7 Å². The van der Waals surface area contributed by atoms with Gasteiger partial charge in [0.05, 0.1) is 0 Å². The molecule has 0 amide bonds. The standard InChI is InChI=1S/C8H16N4O/c1-6(5-12(3)4)9-8-10-7(2)11-13-8/h6H,5H2,1-4H3,(H,9,10,11). The average Bonchev–Trinajstić information content (AvgIpc) is 2.33. The highest BCUT2D eigenvalue weighted by Crippen LogP contribution is 2.04. The Balaban J connectivity index is 2.40. The van der Waals surface area contributed by atoms with Crippen LogP contribution < -0.4 is 5.32 Å². The third kappa shape index (κ3) is 3.42. The van der Waals surface area contributed by atoms with E-state index >= 15 is 0 Å². The van der Waals surface area contributed by atoms with Crippen LogP contribution in [0.15, 0.2) is 4.52 Å². The molecule has 74 valence electrons. The number of anilines is 1. The fourth-order valence-electron chi connectivity index (χ4n) is 1.16. The highest BCUT2D eigenvalue weighted by molar-refractivity contribution is 5.19. The molecule has 0 aliphatic rings. The van der Waals surface area contributed by atoms with E-state index in [-0.39, 0.29) is 0 Å². The highest BCUT2D eigenvalue weighted by atomic mass is 16.5. The van der Waals surface area contributed by atoms with Crippen molar-refractivity contribution in [2.24, 2.45) is 0 Å². The van der Waals surface area contributed by atoms with Gasteiger partial charge in [0.25, 0.3) is 0 Å². The first kappa shape index (κ1) is 9.98. The van der Waals surface area contributed by atoms with E-state index in [9.17, 15) is 0 Å². The molecule has 1 aromatic rings. The zero-order valence-electron chi connectivity index (χ0n) is 8.53. The molecule has 0 aliphatic carbocycles. The van der Waals surface area contributed by atoms with Gasteiger partial charge < -0.3 is 14.7 Å². The Bertz CT molecular complexity index is 258. The van der Waals surface area contributed by atoms with Crippen LogP contribution in [0.3, 0.4) is 0 Å². The summed E-state index contributed by atoms with van der Waals surface area (Å²) in [5.74, 6) is 0.652. The number of aromatic nitrogens is 2. The van der Waals surface area contributed by atoms with Gasteiger partial charge in [-0.15, -0.1) is 0 Å². The Kier molecular flexibility index (Phi) is 3.25. The highest BCUT2D eigenvalue weighted by Gasteiger charge is 2.07. The molecule has 0 saturated heterocycles. The van der Waals surface area contributed by atoms with E-state index in [1.807, 2.05) is 14.1 Å². The third-order valence-corrected chi connectivity index (χ3v) is 1.54. The fourth-order valence-corrected chi connectivity index (χ4v) is 1.16. The van der Waals surface area contributed by atoms with Crippen LogP contribution in [0.1, 0.15) is 12.7 Å². The summed E-state index contributed by atoms with van der Waals surface area (Å²) in [6.45, 7) is 4.80. The number of rotatable bonds is 4. The lowest BCUT2D eigenvalue weighted by molar-refractivity contribution is 0.379. The third-order valence-electron chi connectivity index (χ3n) is 1.54. The summed E-state index contributed by atoms with van der Waals surface area (Å²) >= 11 is 0. The molecule has 0 aromatic carbocycles. The maximum Gasteiger partial charge on any atom is 0.321 e. The monoisotopic (exact) mass is 184 g/mol. The molecule has 13 heavy (non-hydrogen) atoms. The minimum Gasteiger partial charge on any atom is -0.334 e. The smallest absolute Gasteiger partial charge is 0.321 e. The van der Waals surface area contributed by atoms with Crippen molar-refractivity contribution in [1.29, 1.82) is 0 Å². The van der Waals surface area contributed by atoms with Crippen molar-refractivity contribution in [2.45, 2.75) is 19.9 Å². The second-order valence-electron chi connectivity index (χ2n) is 3.45. The Hall–Kier alpha value is -1.10. The first-order valence-electron chi connectivity index (χ1n) is 4.29. The van der Waals surface area contributed by atoms with Crippen LogP contribution in [0.25, 0.3) is 0 Å². The molecule has 1 N–H and O–H groups in total. The Morgan fingerprint density at radius 3 is 2.69 bits per heavy atom. The minimum absolute atomic E-state index is 0.301. The fraction of sp³-hybridized carbons (Fsp3) is 0.750. The van der Waals surface area contributed by atoms with Crippen LogP contribution in [0.4, 0.5) is 6.01 Å². The van der Waals surface area contributed by atoms with Crippen molar-refractivity contribution in [3.05, 3.63) is 5.82 Å². The number of nitrogens with zero attached hydrogens (tertiary/aromatic N) is 3. The van der Waals surface area contributed by atoms with Crippen molar-refractivity contribution < 1.29 is 4.52 Å². The molecule has 0 saturated carbocycles. The van der Waals surface area contributed by atoms with Crippen molar-refractivity contribution >= 4 is 6.01 Å². The predicted octanol–water partition coefficient (Wildman–Crippen LogP) is 0.740. The van der Waals surface area contributed by atoms with E-state index in [1.165, 1.54) is 0 Å². The maximum atomic E-state index is 4.93. The summed E-state index contributed by atoms with van der Waals surface area (Å²) in [5.41, 5.74) is 0. The average molecular weight is 184 g/mol. The Labute approximate surface area is 78.1 Å². The van der Waals surface area contributed by atoms with Crippen LogP contribution >= 0.6 is 0 Å². The number of hydrogen-bond acceptors (Lipinski definition) is 5. The topological polar surface area (TPSA) is 54.2 Å². The van der Waals surface area contributed by atoms with Crippen molar-refractivity contribution in [3.8, 4) is 0 Å². The molecule has 5 nitrogen and oxygen atoms in total. The number of aryl methyl sites for hydroxylation is 1. The van der Waals surface area contributed by atoms with E-state index in [0.29, 0.717) is 17.9 Å². The van der Waals surface area contributed by atoms with E-state index in [2.05, 4.69) is 27.3 Å². The second kappa shape index (κ2) is 4.23. The lowest BCUT2D eigenvalue weighted by atomic mass is 10.3. The van der Waals surface area contributed by atoms with Gasteiger partial charge in [0.1, 0.15) is 0 Å². The van der Waals surface area contributed by atoms with Gasteiger partial charge in [0, 0.05) is 12.6 Å². The van der Waals surface area contributed by atoms with Crippen LogP contribution in [0.5, 0.6) is 0 Å². The van der Waals surface area contributed by atoms with Crippen LogP contribution in [0.2, 0.25) is 0 Å². The SMILES string of the molecule is Cc1noc(NC(C)CN(C)C)n1. The molecular weight excluding hydrogens is 168 g/mol. The van der Waals surface area contributed by atoms with E-state index in [4.69, 9.17) is 4.52 Å². The molecule has 1 heterocycles. The first-order chi connectivity index (χ1) is 6.08. The van der Waals surface area contributed by atoms with Gasteiger partial charge in [-0.2, -0.15) is 4.98 Å². The van der Waals surface area contributed by atoms with Crippen molar-refractivity contribution in [2.75, 3.05) is 26.0 Å².